The van der Waals surface area contributed by atoms with Gasteiger partial charge in [0, 0.05) is 0 Å². The van der Waals surface area contributed by atoms with Gasteiger partial charge in [-0.2, -0.15) is 0 Å². The molecule has 18 heavy (non-hydrogen) atoms. The van der Waals surface area contributed by atoms with E-state index in [1.807, 2.05) is 0 Å². The molecule has 0 aromatic carbocycles. The van der Waals surface area contributed by atoms with E-state index in [0.717, 1.165) is 5.92 Å². The van der Waals surface area contributed by atoms with Crippen LogP contribution in [-0.2, 0) is 0 Å². The second-order valence-electron chi connectivity index (χ2n) is 6.87. The molecule has 1 spiro atoms. The lowest BCUT2D eigenvalue weighted by Gasteiger charge is -2.18. The van der Waals surface area contributed by atoms with E-state index in [4.69, 9.17) is 0 Å². The minimum atomic E-state index is 0.687. The van der Waals surface area contributed by atoms with Crippen LogP contribution in [0.15, 0.2) is 5.57 Å². The summed E-state index contributed by atoms with van der Waals surface area (Å²) in [5.41, 5.74) is 2.47. The highest BCUT2D eigenvalue weighted by Crippen LogP contribution is 2.67. The molecule has 0 nitrogen and oxygen atoms in total. The van der Waals surface area contributed by atoms with Gasteiger partial charge in [0.15, 0.2) is 0 Å². The van der Waals surface area contributed by atoms with Gasteiger partial charge in [-0.05, 0) is 49.5 Å². The van der Waals surface area contributed by atoms with Crippen LogP contribution in [0.25, 0.3) is 0 Å². The van der Waals surface area contributed by atoms with E-state index in [1.165, 1.54) is 89.9 Å². The SMILES string of the molecule is [C]1=C2C3CCCCCCCCCCCC23CCC1. The molecule has 2 unspecified atom stereocenters. The Morgan fingerprint density at radius 1 is 0.722 bits per heavy atom. The molecule has 3 aliphatic rings. The summed E-state index contributed by atoms with van der Waals surface area (Å²) in [7, 11) is 0. The maximum Gasteiger partial charge on any atom is -0.00131 e. The first-order valence-corrected chi connectivity index (χ1v) is 8.55. The Morgan fingerprint density at radius 3 is 2.11 bits per heavy atom. The molecule has 3 rings (SSSR count). The van der Waals surface area contributed by atoms with Crippen LogP contribution in [0, 0.1) is 17.4 Å². The molecular formula is C18H29. The standard InChI is InChI=1S/C18H29/c1-2-4-6-8-12-16-17-13-9-11-15-18(16,17)14-10-7-5-3-1/h16H,1-12,14-15H2. The molecule has 3 aliphatic carbocycles. The molecular weight excluding hydrogens is 216 g/mol. The van der Waals surface area contributed by atoms with Crippen LogP contribution >= 0.6 is 0 Å². The zero-order valence-electron chi connectivity index (χ0n) is 12.0. The van der Waals surface area contributed by atoms with Gasteiger partial charge in [0.05, 0.1) is 0 Å². The number of rotatable bonds is 0. The van der Waals surface area contributed by atoms with Gasteiger partial charge in [0.2, 0.25) is 0 Å². The largest absolute Gasteiger partial charge is 0.0560 e. The highest BCUT2D eigenvalue weighted by molar-refractivity contribution is 5.37. The maximum atomic E-state index is 3.75. The Bertz CT molecular complexity index is 301. The first-order chi connectivity index (χ1) is 8.93. The van der Waals surface area contributed by atoms with Gasteiger partial charge in [0.1, 0.15) is 0 Å². The average Bonchev–Trinajstić information content (AvgIpc) is 3.03. The fourth-order valence-electron chi connectivity index (χ4n) is 4.61. The Balaban J connectivity index is 1.60. The Hall–Kier alpha value is -0.260. The summed E-state index contributed by atoms with van der Waals surface area (Å²) in [6, 6.07) is 0. The van der Waals surface area contributed by atoms with Crippen molar-refractivity contribution in [3.63, 3.8) is 0 Å². The molecule has 0 aromatic rings. The minimum absolute atomic E-state index is 0.687. The molecule has 0 aliphatic heterocycles. The van der Waals surface area contributed by atoms with E-state index in [2.05, 4.69) is 6.08 Å². The van der Waals surface area contributed by atoms with Crippen molar-refractivity contribution in [2.45, 2.75) is 89.9 Å². The minimum Gasteiger partial charge on any atom is -0.0560 e. The Morgan fingerprint density at radius 2 is 1.33 bits per heavy atom. The van der Waals surface area contributed by atoms with Crippen molar-refractivity contribution >= 4 is 0 Å². The summed E-state index contributed by atoms with van der Waals surface area (Å²) < 4.78 is 0. The lowest BCUT2D eigenvalue weighted by Crippen LogP contribution is -2.07. The van der Waals surface area contributed by atoms with Crippen molar-refractivity contribution < 1.29 is 0 Å². The third-order valence-corrected chi connectivity index (χ3v) is 5.70. The lowest BCUT2D eigenvalue weighted by atomic mass is 9.86. The number of hydrogen-bond donors (Lipinski definition) is 0. The zero-order chi connectivity index (χ0) is 12.3. The third kappa shape index (κ3) is 2.53. The predicted octanol–water partition coefficient (Wildman–Crippen LogP) is 5.82. The first kappa shape index (κ1) is 12.8. The van der Waals surface area contributed by atoms with Crippen molar-refractivity contribution in [3.05, 3.63) is 11.6 Å². The predicted molar refractivity (Wildman–Crippen MR) is 77.3 cm³/mol. The molecule has 1 radical (unpaired) electrons. The second-order valence-corrected chi connectivity index (χ2v) is 6.87. The Labute approximate surface area is 113 Å². The van der Waals surface area contributed by atoms with Gasteiger partial charge in [-0.1, -0.05) is 63.4 Å². The normalized spacial score (nSPS) is 38.2. The topological polar surface area (TPSA) is 0 Å². The molecule has 0 N–H and O–H groups in total. The molecule has 0 heteroatoms. The smallest absolute Gasteiger partial charge is 0.00131 e. The van der Waals surface area contributed by atoms with Crippen molar-refractivity contribution in [1.82, 2.24) is 0 Å². The summed E-state index contributed by atoms with van der Waals surface area (Å²) in [5.74, 6) is 0.973. The molecule has 2 atom stereocenters. The number of allylic oxidation sites excluding steroid dienone is 2. The summed E-state index contributed by atoms with van der Waals surface area (Å²) >= 11 is 0. The van der Waals surface area contributed by atoms with Gasteiger partial charge in [-0.25, -0.2) is 0 Å². The summed E-state index contributed by atoms with van der Waals surface area (Å²) in [4.78, 5) is 0. The monoisotopic (exact) mass is 245 g/mol. The quantitative estimate of drug-likeness (QED) is 0.504. The first-order valence-electron chi connectivity index (χ1n) is 8.55. The Kier molecular flexibility index (Phi) is 4.11. The summed E-state index contributed by atoms with van der Waals surface area (Å²) in [5, 5.41) is 0. The molecule has 2 saturated carbocycles. The third-order valence-electron chi connectivity index (χ3n) is 5.70. The van der Waals surface area contributed by atoms with Gasteiger partial charge in [-0.3, -0.25) is 0 Å². The molecule has 0 heterocycles. The van der Waals surface area contributed by atoms with Crippen LogP contribution in [0.1, 0.15) is 89.9 Å². The van der Waals surface area contributed by atoms with Crippen LogP contribution < -0.4 is 0 Å². The van der Waals surface area contributed by atoms with Crippen molar-refractivity contribution in [1.29, 1.82) is 0 Å². The fourth-order valence-corrected chi connectivity index (χ4v) is 4.61. The van der Waals surface area contributed by atoms with Gasteiger partial charge in [0.25, 0.3) is 0 Å². The molecule has 0 amide bonds. The van der Waals surface area contributed by atoms with Crippen LogP contribution in [0.5, 0.6) is 0 Å². The maximum absolute atomic E-state index is 3.75. The lowest BCUT2D eigenvalue weighted by molar-refractivity contribution is 0.350. The van der Waals surface area contributed by atoms with Crippen molar-refractivity contribution in [2.75, 3.05) is 0 Å². The van der Waals surface area contributed by atoms with Gasteiger partial charge < -0.3 is 0 Å². The van der Waals surface area contributed by atoms with E-state index in [1.54, 1.807) is 5.57 Å². The number of fused-ring (bicyclic) bond motifs is 1. The van der Waals surface area contributed by atoms with E-state index in [9.17, 15) is 0 Å². The number of hydrogen-bond acceptors (Lipinski definition) is 0. The van der Waals surface area contributed by atoms with E-state index >= 15 is 0 Å². The van der Waals surface area contributed by atoms with Crippen LogP contribution in [0.3, 0.4) is 0 Å². The van der Waals surface area contributed by atoms with Gasteiger partial charge >= 0.3 is 0 Å². The van der Waals surface area contributed by atoms with Crippen LogP contribution in [-0.4, -0.2) is 0 Å². The molecule has 101 valence electrons. The summed E-state index contributed by atoms with van der Waals surface area (Å²) in [6.45, 7) is 0. The molecule has 0 saturated heterocycles. The average molecular weight is 245 g/mol. The summed E-state index contributed by atoms with van der Waals surface area (Å²) in [6.07, 6.45) is 24.3. The van der Waals surface area contributed by atoms with Crippen molar-refractivity contribution in [3.8, 4) is 0 Å². The zero-order valence-corrected chi connectivity index (χ0v) is 12.0. The van der Waals surface area contributed by atoms with Crippen LogP contribution in [0.2, 0.25) is 0 Å². The molecule has 2 fully saturated rings. The molecule has 0 bridgehead atoms. The van der Waals surface area contributed by atoms with E-state index in [-0.39, 0.29) is 0 Å². The van der Waals surface area contributed by atoms with Crippen molar-refractivity contribution in [2.24, 2.45) is 11.3 Å². The van der Waals surface area contributed by atoms with E-state index in [0.29, 0.717) is 5.41 Å². The van der Waals surface area contributed by atoms with Gasteiger partial charge in [-0.15, -0.1) is 0 Å². The fraction of sp³-hybridized carbons (Fsp3) is 0.889. The molecule has 0 aromatic heterocycles. The second kappa shape index (κ2) is 5.80. The van der Waals surface area contributed by atoms with E-state index < -0.39 is 0 Å². The highest BCUT2D eigenvalue weighted by atomic mass is 14.6. The highest BCUT2D eigenvalue weighted by Gasteiger charge is 2.58. The van der Waals surface area contributed by atoms with Crippen LogP contribution in [0.4, 0.5) is 0 Å².